The van der Waals surface area contributed by atoms with Gasteiger partial charge in [0.15, 0.2) is 0 Å². The summed E-state index contributed by atoms with van der Waals surface area (Å²) in [5.74, 6) is -0.333. The minimum absolute atomic E-state index is 0.333. The van der Waals surface area contributed by atoms with Crippen LogP contribution >= 0.6 is 15.9 Å². The number of hydrogen-bond acceptors (Lipinski definition) is 1. The molecule has 3 rings (SSSR count). The molecule has 0 amide bonds. The minimum Gasteiger partial charge on any atom is -0.384 e. The average molecular weight is 345 g/mol. The van der Waals surface area contributed by atoms with Gasteiger partial charge in [-0.15, -0.1) is 0 Å². The van der Waals surface area contributed by atoms with Gasteiger partial charge in [0, 0.05) is 0 Å². The third-order valence-corrected chi connectivity index (χ3v) is 4.33. The lowest BCUT2D eigenvalue weighted by molar-refractivity contribution is 0.221. The van der Waals surface area contributed by atoms with Crippen LogP contribution < -0.4 is 0 Å². The number of aliphatic hydroxyl groups excluding tert-OH is 1. The smallest absolute Gasteiger partial charge is 0.137 e. The number of fused-ring (bicyclic) bond motifs is 1. The summed E-state index contributed by atoms with van der Waals surface area (Å²) in [4.78, 5) is 0. The van der Waals surface area contributed by atoms with Gasteiger partial charge in [-0.2, -0.15) is 0 Å². The van der Waals surface area contributed by atoms with Gasteiger partial charge in [0.25, 0.3) is 0 Å². The fourth-order valence-electron chi connectivity index (χ4n) is 2.62. The van der Waals surface area contributed by atoms with Gasteiger partial charge in [-0.3, -0.25) is 0 Å². The zero-order valence-electron chi connectivity index (χ0n) is 11.5. The van der Waals surface area contributed by atoms with Gasteiger partial charge < -0.3 is 5.11 Å². The summed E-state index contributed by atoms with van der Waals surface area (Å²) < 4.78 is 13.7. The predicted molar refractivity (Wildman–Crippen MR) is 86.8 cm³/mol. The van der Waals surface area contributed by atoms with Gasteiger partial charge >= 0.3 is 0 Å². The van der Waals surface area contributed by atoms with E-state index in [1.54, 1.807) is 12.1 Å². The SMILES string of the molecule is Cc1ccc2ccccc2c1C(O)c1ccc(F)c(Br)c1. The maximum Gasteiger partial charge on any atom is 0.137 e. The average Bonchev–Trinajstić information content (AvgIpc) is 2.49. The standard InChI is InChI=1S/C18H14BrFO/c1-11-6-7-12-4-2-3-5-14(12)17(11)18(21)13-8-9-16(20)15(19)10-13/h2-10,18,21H,1H3. The molecule has 0 fully saturated rings. The van der Waals surface area contributed by atoms with Crippen molar-refractivity contribution < 1.29 is 9.50 Å². The van der Waals surface area contributed by atoms with E-state index in [9.17, 15) is 9.50 Å². The van der Waals surface area contributed by atoms with Gasteiger partial charge in [0.05, 0.1) is 4.47 Å². The number of halogens is 2. The molecule has 106 valence electrons. The molecule has 0 aromatic heterocycles. The van der Waals surface area contributed by atoms with E-state index in [0.717, 1.165) is 21.9 Å². The number of aliphatic hydroxyl groups is 1. The lowest BCUT2D eigenvalue weighted by Gasteiger charge is -2.17. The highest BCUT2D eigenvalue weighted by Gasteiger charge is 2.17. The summed E-state index contributed by atoms with van der Waals surface area (Å²) >= 11 is 3.17. The minimum atomic E-state index is -0.784. The first-order valence-corrected chi connectivity index (χ1v) is 7.48. The van der Waals surface area contributed by atoms with Crippen LogP contribution in [0.3, 0.4) is 0 Å². The van der Waals surface area contributed by atoms with Crippen LogP contribution in [0.4, 0.5) is 4.39 Å². The number of hydrogen-bond donors (Lipinski definition) is 1. The van der Waals surface area contributed by atoms with Gasteiger partial charge in [0.2, 0.25) is 0 Å². The zero-order chi connectivity index (χ0) is 15.0. The molecule has 0 aliphatic carbocycles. The molecule has 1 N–H and O–H groups in total. The molecule has 1 unspecified atom stereocenters. The highest BCUT2D eigenvalue weighted by atomic mass is 79.9. The van der Waals surface area contributed by atoms with Gasteiger partial charge in [0.1, 0.15) is 11.9 Å². The molecule has 0 aliphatic heterocycles. The Balaban J connectivity index is 2.19. The molecular formula is C18H14BrFO. The maximum absolute atomic E-state index is 13.4. The van der Waals surface area contributed by atoms with Gasteiger partial charge in [-0.1, -0.05) is 42.5 Å². The number of aryl methyl sites for hydroxylation is 1. The molecular weight excluding hydrogens is 331 g/mol. The van der Waals surface area contributed by atoms with Crippen LogP contribution in [0, 0.1) is 12.7 Å². The first-order chi connectivity index (χ1) is 10.1. The second-order valence-electron chi connectivity index (χ2n) is 5.09. The molecule has 1 nitrogen and oxygen atoms in total. The Labute approximate surface area is 131 Å². The Morgan fingerprint density at radius 1 is 1.05 bits per heavy atom. The van der Waals surface area contributed by atoms with Crippen molar-refractivity contribution in [3.8, 4) is 0 Å². The van der Waals surface area contributed by atoms with E-state index in [-0.39, 0.29) is 5.82 Å². The Morgan fingerprint density at radius 2 is 1.81 bits per heavy atom. The summed E-state index contributed by atoms with van der Waals surface area (Å²) in [6.07, 6.45) is -0.784. The highest BCUT2D eigenvalue weighted by Crippen LogP contribution is 2.33. The predicted octanol–water partition coefficient (Wildman–Crippen LogP) is 5.13. The maximum atomic E-state index is 13.4. The second-order valence-corrected chi connectivity index (χ2v) is 5.95. The van der Waals surface area contributed by atoms with Crippen molar-refractivity contribution in [3.63, 3.8) is 0 Å². The monoisotopic (exact) mass is 344 g/mol. The molecule has 0 heterocycles. The highest BCUT2D eigenvalue weighted by molar-refractivity contribution is 9.10. The molecule has 0 saturated carbocycles. The topological polar surface area (TPSA) is 20.2 Å². The van der Waals surface area contributed by atoms with Crippen LogP contribution in [0.1, 0.15) is 22.8 Å². The van der Waals surface area contributed by atoms with Crippen molar-refractivity contribution in [1.82, 2.24) is 0 Å². The van der Waals surface area contributed by atoms with Crippen molar-refractivity contribution in [3.05, 3.63) is 81.6 Å². The van der Waals surface area contributed by atoms with Crippen LogP contribution in [0.25, 0.3) is 10.8 Å². The van der Waals surface area contributed by atoms with E-state index in [0.29, 0.717) is 10.0 Å². The second kappa shape index (κ2) is 5.58. The van der Waals surface area contributed by atoms with E-state index in [1.807, 2.05) is 43.3 Å². The summed E-state index contributed by atoms with van der Waals surface area (Å²) in [7, 11) is 0. The molecule has 0 spiro atoms. The molecule has 0 aliphatic rings. The summed E-state index contributed by atoms with van der Waals surface area (Å²) in [5, 5.41) is 12.8. The van der Waals surface area contributed by atoms with E-state index in [1.165, 1.54) is 6.07 Å². The van der Waals surface area contributed by atoms with Crippen LogP contribution in [0.15, 0.2) is 59.1 Å². The molecule has 0 radical (unpaired) electrons. The Hall–Kier alpha value is -1.71. The van der Waals surface area contributed by atoms with Crippen molar-refractivity contribution in [2.75, 3.05) is 0 Å². The molecule has 0 bridgehead atoms. The summed E-state index contributed by atoms with van der Waals surface area (Å²) in [6, 6.07) is 16.6. The van der Waals surface area contributed by atoms with Crippen LogP contribution in [-0.2, 0) is 0 Å². The first kappa shape index (κ1) is 14.2. The third kappa shape index (κ3) is 2.59. The van der Waals surface area contributed by atoms with Crippen molar-refractivity contribution in [1.29, 1.82) is 0 Å². The van der Waals surface area contributed by atoms with Crippen LogP contribution in [0.2, 0.25) is 0 Å². The Morgan fingerprint density at radius 3 is 2.57 bits per heavy atom. The van der Waals surface area contributed by atoms with Gasteiger partial charge in [-0.25, -0.2) is 4.39 Å². The number of benzene rings is 3. The fourth-order valence-corrected chi connectivity index (χ4v) is 3.01. The normalized spacial score (nSPS) is 12.6. The summed E-state index contributed by atoms with van der Waals surface area (Å²) in [5.41, 5.74) is 2.55. The van der Waals surface area contributed by atoms with Crippen molar-refractivity contribution in [2.45, 2.75) is 13.0 Å². The quantitative estimate of drug-likeness (QED) is 0.683. The third-order valence-electron chi connectivity index (χ3n) is 3.72. The van der Waals surface area contributed by atoms with Crippen LogP contribution in [-0.4, -0.2) is 5.11 Å². The molecule has 21 heavy (non-hydrogen) atoms. The first-order valence-electron chi connectivity index (χ1n) is 6.69. The summed E-state index contributed by atoms with van der Waals surface area (Å²) in [6.45, 7) is 1.98. The molecule has 3 aromatic rings. The fraction of sp³-hybridized carbons (Fsp3) is 0.111. The lowest BCUT2D eigenvalue weighted by atomic mass is 9.92. The Kier molecular flexibility index (Phi) is 3.79. The molecule has 1 atom stereocenters. The van der Waals surface area contributed by atoms with E-state index in [2.05, 4.69) is 15.9 Å². The molecule has 3 aromatic carbocycles. The van der Waals surface area contributed by atoms with Crippen molar-refractivity contribution >= 4 is 26.7 Å². The van der Waals surface area contributed by atoms with Crippen LogP contribution in [0.5, 0.6) is 0 Å². The lowest BCUT2D eigenvalue weighted by Crippen LogP contribution is -2.03. The molecule has 3 heteroatoms. The number of rotatable bonds is 2. The van der Waals surface area contributed by atoms with E-state index >= 15 is 0 Å². The molecule has 0 saturated heterocycles. The largest absolute Gasteiger partial charge is 0.384 e. The zero-order valence-corrected chi connectivity index (χ0v) is 13.1. The van der Waals surface area contributed by atoms with Crippen molar-refractivity contribution in [2.24, 2.45) is 0 Å². The van der Waals surface area contributed by atoms with E-state index < -0.39 is 6.10 Å². The Bertz CT molecular complexity index is 813. The van der Waals surface area contributed by atoms with Gasteiger partial charge in [-0.05, 0) is 62.4 Å². The van der Waals surface area contributed by atoms with E-state index in [4.69, 9.17) is 0 Å².